The van der Waals surface area contributed by atoms with Gasteiger partial charge in [-0.05, 0) is 36.6 Å². The number of nitrogens with one attached hydrogen (secondary N) is 1. The summed E-state index contributed by atoms with van der Waals surface area (Å²) in [5.41, 5.74) is 0.574. The molecule has 1 rings (SSSR count). The van der Waals surface area contributed by atoms with Crippen LogP contribution in [0.1, 0.15) is 27.2 Å². The van der Waals surface area contributed by atoms with Gasteiger partial charge in [0.1, 0.15) is 0 Å². The molecule has 0 saturated heterocycles. The van der Waals surface area contributed by atoms with E-state index in [9.17, 15) is 18.0 Å². The molecule has 0 fully saturated rings. The van der Waals surface area contributed by atoms with Gasteiger partial charge in [-0.2, -0.15) is 0 Å². The highest BCUT2D eigenvalue weighted by atomic mass is 32.2. The summed E-state index contributed by atoms with van der Waals surface area (Å²) >= 11 is 0. The quantitative estimate of drug-likeness (QED) is 0.738. The Morgan fingerprint density at radius 3 is 2.17 bits per heavy atom. The lowest BCUT2D eigenvalue weighted by molar-refractivity contribution is -0.142. The van der Waals surface area contributed by atoms with Gasteiger partial charge in [0.25, 0.3) is 0 Å². The second-order valence-corrected chi connectivity index (χ2v) is 7.86. The van der Waals surface area contributed by atoms with Crippen molar-refractivity contribution in [2.45, 2.75) is 32.1 Å². The van der Waals surface area contributed by atoms with Crippen LogP contribution in [0.15, 0.2) is 29.2 Å². The summed E-state index contributed by atoms with van der Waals surface area (Å²) in [6.07, 6.45) is 0.389. The Kier molecular flexibility index (Phi) is 6.92. The molecular weight excluding hydrogens is 332 g/mol. The lowest BCUT2D eigenvalue weighted by Crippen LogP contribution is -2.33. The third-order valence-corrected chi connectivity index (χ3v) is 5.07. The molecule has 0 bridgehead atoms. The number of benzene rings is 1. The van der Waals surface area contributed by atoms with Crippen molar-refractivity contribution in [3.63, 3.8) is 0 Å². The Bertz CT molecular complexity index is 683. The maximum absolute atomic E-state index is 12.3. The number of hydrogen-bond donors (Lipinski definition) is 2. The van der Waals surface area contributed by atoms with E-state index in [1.165, 1.54) is 36.1 Å². The molecule has 0 heterocycles. The molecule has 0 saturated carbocycles. The van der Waals surface area contributed by atoms with Crippen molar-refractivity contribution in [1.82, 2.24) is 4.72 Å². The number of sulfonamides is 1. The smallest absolute Gasteiger partial charge is 0.307 e. The first-order valence-electron chi connectivity index (χ1n) is 7.61. The average molecular weight is 356 g/mol. The highest BCUT2D eigenvalue weighted by Crippen LogP contribution is 2.18. The maximum atomic E-state index is 12.3. The predicted octanol–water partition coefficient (Wildman–Crippen LogP) is 1.69. The van der Waals surface area contributed by atoms with Gasteiger partial charge in [-0.15, -0.1) is 0 Å². The third kappa shape index (κ3) is 5.61. The van der Waals surface area contributed by atoms with Gasteiger partial charge in [0.2, 0.25) is 15.9 Å². The molecule has 0 radical (unpaired) electrons. The van der Waals surface area contributed by atoms with Gasteiger partial charge in [0.15, 0.2) is 0 Å². The Morgan fingerprint density at radius 1 is 1.21 bits per heavy atom. The zero-order valence-corrected chi connectivity index (χ0v) is 15.1. The topological polar surface area (TPSA) is 104 Å². The molecule has 0 aromatic heterocycles. The second-order valence-electron chi connectivity index (χ2n) is 6.09. The minimum atomic E-state index is -3.80. The normalized spacial score (nSPS) is 12.9. The number of carboxylic acids is 1. The number of aliphatic carboxylic acids is 1. The highest BCUT2D eigenvalue weighted by molar-refractivity contribution is 7.89. The molecule has 0 aliphatic carbocycles. The van der Waals surface area contributed by atoms with E-state index in [4.69, 9.17) is 5.11 Å². The molecule has 8 heteroatoms. The summed E-state index contributed by atoms with van der Waals surface area (Å²) in [4.78, 5) is 23.9. The zero-order chi connectivity index (χ0) is 18.5. The number of amides is 1. The fraction of sp³-hybridized carbons (Fsp3) is 0.500. The van der Waals surface area contributed by atoms with Crippen LogP contribution in [0.4, 0.5) is 5.69 Å². The van der Waals surface area contributed by atoms with Crippen molar-refractivity contribution in [3.05, 3.63) is 24.3 Å². The van der Waals surface area contributed by atoms with E-state index < -0.39 is 21.9 Å². The Balaban J connectivity index is 2.84. The number of anilines is 1. The van der Waals surface area contributed by atoms with Crippen LogP contribution in [-0.2, 0) is 19.6 Å². The number of carbonyl (C=O) groups is 2. The van der Waals surface area contributed by atoms with Gasteiger partial charge in [-0.1, -0.05) is 13.8 Å². The van der Waals surface area contributed by atoms with Gasteiger partial charge < -0.3 is 10.0 Å². The van der Waals surface area contributed by atoms with Gasteiger partial charge >= 0.3 is 5.97 Å². The SMILES string of the molecule is CC(=O)N(C)c1ccc(S(=O)(=O)NCC(CC(C)C)C(=O)O)cc1. The van der Waals surface area contributed by atoms with E-state index in [-0.39, 0.29) is 23.3 Å². The molecule has 1 aromatic carbocycles. The molecule has 1 atom stereocenters. The first kappa shape index (κ1) is 20.1. The molecule has 2 N–H and O–H groups in total. The van der Waals surface area contributed by atoms with Crippen molar-refractivity contribution in [2.75, 3.05) is 18.5 Å². The van der Waals surface area contributed by atoms with Crippen LogP contribution in [0.25, 0.3) is 0 Å². The molecule has 0 spiro atoms. The zero-order valence-electron chi connectivity index (χ0n) is 14.3. The number of carboxylic acid groups (broad SMARTS) is 1. The predicted molar refractivity (Wildman–Crippen MR) is 91.3 cm³/mol. The Morgan fingerprint density at radius 2 is 1.75 bits per heavy atom. The summed E-state index contributed by atoms with van der Waals surface area (Å²) in [6.45, 7) is 5.02. The van der Waals surface area contributed by atoms with E-state index in [1.54, 1.807) is 7.05 Å². The van der Waals surface area contributed by atoms with Gasteiger partial charge in [0, 0.05) is 26.2 Å². The van der Waals surface area contributed by atoms with Crippen LogP contribution in [0.5, 0.6) is 0 Å². The monoisotopic (exact) mass is 356 g/mol. The minimum Gasteiger partial charge on any atom is -0.481 e. The third-order valence-electron chi connectivity index (χ3n) is 3.63. The maximum Gasteiger partial charge on any atom is 0.307 e. The standard InChI is InChI=1S/C16H24N2O5S/c1-11(2)9-13(16(20)21)10-17-24(22,23)15-7-5-14(6-8-15)18(4)12(3)19/h5-8,11,13,17H,9-10H2,1-4H3,(H,20,21). The van der Waals surface area contributed by atoms with Crippen molar-refractivity contribution < 1.29 is 23.1 Å². The molecule has 1 unspecified atom stereocenters. The van der Waals surface area contributed by atoms with Gasteiger partial charge in [-0.3, -0.25) is 9.59 Å². The van der Waals surface area contributed by atoms with E-state index in [0.29, 0.717) is 12.1 Å². The molecule has 134 valence electrons. The van der Waals surface area contributed by atoms with E-state index in [1.807, 2.05) is 13.8 Å². The highest BCUT2D eigenvalue weighted by Gasteiger charge is 2.22. The molecule has 1 amide bonds. The second kappa shape index (κ2) is 8.25. The van der Waals surface area contributed by atoms with E-state index in [2.05, 4.69) is 4.72 Å². The summed E-state index contributed by atoms with van der Waals surface area (Å²) in [5, 5.41) is 9.17. The Hall–Kier alpha value is -1.93. The lowest BCUT2D eigenvalue weighted by Gasteiger charge is -2.17. The molecule has 1 aromatic rings. The number of rotatable bonds is 8. The summed E-state index contributed by atoms with van der Waals surface area (Å²) in [6, 6.07) is 5.82. The first-order chi connectivity index (χ1) is 11.0. The van der Waals surface area contributed by atoms with Crippen LogP contribution < -0.4 is 9.62 Å². The summed E-state index contributed by atoms with van der Waals surface area (Å²) < 4.78 is 26.9. The summed E-state index contributed by atoms with van der Waals surface area (Å²) in [5.74, 6) is -1.81. The van der Waals surface area contributed by atoms with Crippen LogP contribution in [0.3, 0.4) is 0 Å². The number of carbonyl (C=O) groups excluding carboxylic acids is 1. The minimum absolute atomic E-state index is 0.0249. The van der Waals surface area contributed by atoms with Crippen molar-refractivity contribution in [3.8, 4) is 0 Å². The number of nitrogens with zero attached hydrogens (tertiary/aromatic N) is 1. The average Bonchev–Trinajstić information content (AvgIpc) is 2.50. The van der Waals surface area contributed by atoms with E-state index >= 15 is 0 Å². The molecule has 24 heavy (non-hydrogen) atoms. The number of hydrogen-bond acceptors (Lipinski definition) is 4. The van der Waals surface area contributed by atoms with Gasteiger partial charge in [0.05, 0.1) is 10.8 Å². The fourth-order valence-corrected chi connectivity index (χ4v) is 3.25. The Labute approximate surface area is 142 Å². The largest absolute Gasteiger partial charge is 0.481 e. The summed E-state index contributed by atoms with van der Waals surface area (Å²) in [7, 11) is -2.21. The van der Waals surface area contributed by atoms with E-state index in [0.717, 1.165) is 0 Å². The molecule has 0 aliphatic rings. The molecule has 7 nitrogen and oxygen atoms in total. The molecule has 0 aliphatic heterocycles. The lowest BCUT2D eigenvalue weighted by atomic mass is 9.98. The van der Waals surface area contributed by atoms with Crippen LogP contribution >= 0.6 is 0 Å². The van der Waals surface area contributed by atoms with Crippen molar-refractivity contribution >= 4 is 27.6 Å². The van der Waals surface area contributed by atoms with Crippen molar-refractivity contribution in [2.24, 2.45) is 11.8 Å². The fourth-order valence-electron chi connectivity index (χ4n) is 2.16. The first-order valence-corrected chi connectivity index (χ1v) is 9.09. The van der Waals surface area contributed by atoms with Crippen LogP contribution in [-0.4, -0.2) is 39.0 Å². The van der Waals surface area contributed by atoms with Crippen LogP contribution in [0, 0.1) is 11.8 Å². The van der Waals surface area contributed by atoms with Crippen molar-refractivity contribution in [1.29, 1.82) is 0 Å². The van der Waals surface area contributed by atoms with Gasteiger partial charge in [-0.25, -0.2) is 13.1 Å². The molecular formula is C16H24N2O5S. The van der Waals surface area contributed by atoms with Crippen LogP contribution in [0.2, 0.25) is 0 Å².